The van der Waals surface area contributed by atoms with E-state index in [4.69, 9.17) is 0 Å². The third-order valence-corrected chi connectivity index (χ3v) is 2.86. The van der Waals surface area contributed by atoms with Crippen LogP contribution < -0.4 is 5.32 Å². The monoisotopic (exact) mass is 194 g/mol. The van der Waals surface area contributed by atoms with Gasteiger partial charge >= 0.3 is 0 Å². The van der Waals surface area contributed by atoms with Crippen molar-refractivity contribution in [2.75, 3.05) is 13.6 Å². The lowest BCUT2D eigenvalue weighted by Crippen LogP contribution is -2.41. The third kappa shape index (κ3) is 1.81. The quantitative estimate of drug-likeness (QED) is 0.734. The molecule has 3 nitrogen and oxygen atoms in total. The average molecular weight is 194 g/mol. The second-order valence-electron chi connectivity index (χ2n) is 3.55. The molecule has 0 saturated heterocycles. The third-order valence-electron chi connectivity index (χ3n) is 2.86. The van der Waals surface area contributed by atoms with Crippen LogP contribution in [0.15, 0.2) is 23.9 Å². The number of rotatable bonds is 3. The normalized spacial score (nSPS) is 18.4. The Kier molecular flexibility index (Phi) is 3.33. The van der Waals surface area contributed by atoms with Gasteiger partial charge in [-0.1, -0.05) is 12.7 Å². The summed E-state index contributed by atoms with van der Waals surface area (Å²) >= 11 is 0. The topological polar surface area (TPSA) is 32.3 Å². The average Bonchev–Trinajstić information content (AvgIpc) is 2.57. The highest BCUT2D eigenvalue weighted by molar-refractivity contribution is 5.81. The minimum atomic E-state index is -0.0857. The van der Waals surface area contributed by atoms with Gasteiger partial charge in [0.2, 0.25) is 5.91 Å². The van der Waals surface area contributed by atoms with Gasteiger partial charge in [-0.2, -0.15) is 0 Å². The fraction of sp³-hybridized carbons (Fsp3) is 0.545. The first-order valence-electron chi connectivity index (χ1n) is 4.92. The molecule has 1 aliphatic rings. The number of hydrogen-bond donors (Lipinski definition) is 1. The van der Waals surface area contributed by atoms with Crippen molar-refractivity contribution in [3.8, 4) is 0 Å². The maximum Gasteiger partial charge on any atom is 0.242 e. The minimum absolute atomic E-state index is 0.0645. The van der Waals surface area contributed by atoms with Crippen LogP contribution >= 0.6 is 0 Å². The van der Waals surface area contributed by atoms with Gasteiger partial charge in [0.15, 0.2) is 0 Å². The largest absolute Gasteiger partial charge is 0.363 e. The van der Waals surface area contributed by atoms with Crippen LogP contribution in [-0.4, -0.2) is 30.4 Å². The Morgan fingerprint density at radius 3 is 2.79 bits per heavy atom. The van der Waals surface area contributed by atoms with Gasteiger partial charge in [0.1, 0.15) is 6.04 Å². The molecule has 0 aromatic rings. The number of nitrogens with one attached hydrogen (secondary N) is 1. The SMILES string of the molecule is C=CC1=C(C)N(C(C)C(=O)NC)CC1. The number of allylic oxidation sites excluding steroid dienone is 2. The fourth-order valence-electron chi connectivity index (χ4n) is 1.86. The van der Waals surface area contributed by atoms with E-state index in [0.717, 1.165) is 13.0 Å². The lowest BCUT2D eigenvalue weighted by molar-refractivity contribution is -0.124. The highest BCUT2D eigenvalue weighted by Crippen LogP contribution is 2.25. The smallest absolute Gasteiger partial charge is 0.242 e. The summed E-state index contributed by atoms with van der Waals surface area (Å²) in [7, 11) is 1.67. The second kappa shape index (κ2) is 4.31. The van der Waals surface area contributed by atoms with Gasteiger partial charge in [0, 0.05) is 19.3 Å². The lowest BCUT2D eigenvalue weighted by Gasteiger charge is -2.26. The second-order valence-corrected chi connectivity index (χ2v) is 3.55. The molecule has 0 spiro atoms. The summed E-state index contributed by atoms with van der Waals surface area (Å²) in [6.45, 7) is 8.66. The molecule has 1 rings (SSSR count). The van der Waals surface area contributed by atoms with E-state index in [9.17, 15) is 4.79 Å². The Balaban J connectivity index is 2.77. The Bertz CT molecular complexity index is 281. The van der Waals surface area contributed by atoms with Crippen molar-refractivity contribution in [2.24, 2.45) is 0 Å². The van der Waals surface area contributed by atoms with Crippen LogP contribution in [0.1, 0.15) is 20.3 Å². The van der Waals surface area contributed by atoms with Gasteiger partial charge in [-0.15, -0.1) is 0 Å². The van der Waals surface area contributed by atoms with Gasteiger partial charge in [0.05, 0.1) is 0 Å². The van der Waals surface area contributed by atoms with E-state index >= 15 is 0 Å². The first-order valence-corrected chi connectivity index (χ1v) is 4.92. The van der Waals surface area contributed by atoms with E-state index in [1.165, 1.54) is 11.3 Å². The molecule has 1 atom stereocenters. The van der Waals surface area contributed by atoms with Crippen molar-refractivity contribution < 1.29 is 4.79 Å². The number of hydrogen-bond acceptors (Lipinski definition) is 2. The van der Waals surface area contributed by atoms with Crippen LogP contribution in [0.2, 0.25) is 0 Å². The molecule has 0 fully saturated rings. The Labute approximate surface area is 85.5 Å². The van der Waals surface area contributed by atoms with Crippen molar-refractivity contribution in [1.82, 2.24) is 10.2 Å². The zero-order valence-corrected chi connectivity index (χ0v) is 9.13. The lowest BCUT2D eigenvalue weighted by atomic mass is 10.2. The predicted molar refractivity (Wildman–Crippen MR) is 57.7 cm³/mol. The van der Waals surface area contributed by atoms with Crippen molar-refractivity contribution >= 4 is 5.91 Å². The van der Waals surface area contributed by atoms with Gasteiger partial charge in [-0.3, -0.25) is 4.79 Å². The summed E-state index contributed by atoms with van der Waals surface area (Å²) in [6, 6.07) is -0.0857. The molecule has 0 aromatic carbocycles. The molecular weight excluding hydrogens is 176 g/mol. The molecule has 0 aliphatic carbocycles. The highest BCUT2D eigenvalue weighted by atomic mass is 16.2. The van der Waals surface area contributed by atoms with Crippen LogP contribution in [0.25, 0.3) is 0 Å². The minimum Gasteiger partial charge on any atom is -0.363 e. The summed E-state index contributed by atoms with van der Waals surface area (Å²) in [4.78, 5) is 13.6. The van der Waals surface area contributed by atoms with Crippen LogP contribution in [0, 0.1) is 0 Å². The van der Waals surface area contributed by atoms with E-state index in [0.29, 0.717) is 0 Å². The van der Waals surface area contributed by atoms with Crippen LogP contribution in [0.4, 0.5) is 0 Å². The molecule has 1 unspecified atom stereocenters. The zero-order chi connectivity index (χ0) is 10.7. The van der Waals surface area contributed by atoms with Crippen molar-refractivity contribution in [2.45, 2.75) is 26.3 Å². The number of amides is 1. The van der Waals surface area contributed by atoms with Crippen molar-refractivity contribution in [1.29, 1.82) is 0 Å². The maximum absolute atomic E-state index is 11.4. The molecule has 0 bridgehead atoms. The van der Waals surface area contributed by atoms with E-state index in [-0.39, 0.29) is 11.9 Å². The Hall–Kier alpha value is -1.25. The molecule has 0 aromatic heterocycles. The maximum atomic E-state index is 11.4. The molecule has 1 N–H and O–H groups in total. The molecule has 78 valence electrons. The summed E-state index contributed by atoms with van der Waals surface area (Å²) in [5, 5.41) is 2.67. The summed E-state index contributed by atoms with van der Waals surface area (Å²) in [5.74, 6) is 0.0645. The molecule has 1 amide bonds. The molecule has 1 heterocycles. The van der Waals surface area contributed by atoms with Crippen LogP contribution in [0.3, 0.4) is 0 Å². The molecule has 1 aliphatic heterocycles. The fourth-order valence-corrected chi connectivity index (χ4v) is 1.86. The van der Waals surface area contributed by atoms with Gasteiger partial charge < -0.3 is 10.2 Å². The first-order chi connectivity index (χ1) is 6.61. The summed E-state index contributed by atoms with van der Waals surface area (Å²) < 4.78 is 0. The Morgan fingerprint density at radius 2 is 2.36 bits per heavy atom. The number of nitrogens with zero attached hydrogens (tertiary/aromatic N) is 1. The van der Waals surface area contributed by atoms with Crippen LogP contribution in [-0.2, 0) is 4.79 Å². The molecule has 14 heavy (non-hydrogen) atoms. The molecular formula is C11H18N2O. The van der Waals surface area contributed by atoms with Gasteiger partial charge in [-0.05, 0) is 25.8 Å². The van der Waals surface area contributed by atoms with Crippen molar-refractivity contribution in [3.63, 3.8) is 0 Å². The highest BCUT2D eigenvalue weighted by Gasteiger charge is 2.25. The number of carbonyl (C=O) groups is 1. The van der Waals surface area contributed by atoms with E-state index in [1.807, 2.05) is 19.9 Å². The van der Waals surface area contributed by atoms with Crippen LogP contribution in [0.5, 0.6) is 0 Å². The van der Waals surface area contributed by atoms with E-state index in [2.05, 4.69) is 16.8 Å². The van der Waals surface area contributed by atoms with E-state index in [1.54, 1.807) is 7.05 Å². The first kappa shape index (κ1) is 10.8. The van der Waals surface area contributed by atoms with Crippen molar-refractivity contribution in [3.05, 3.63) is 23.9 Å². The molecule has 3 heteroatoms. The number of likely N-dealkylation sites (N-methyl/N-ethyl adjacent to an activating group) is 1. The van der Waals surface area contributed by atoms with Gasteiger partial charge in [0.25, 0.3) is 0 Å². The summed E-state index contributed by atoms with van der Waals surface area (Å²) in [6.07, 6.45) is 2.88. The zero-order valence-electron chi connectivity index (χ0n) is 9.13. The number of carbonyl (C=O) groups excluding carboxylic acids is 1. The van der Waals surface area contributed by atoms with Gasteiger partial charge in [-0.25, -0.2) is 0 Å². The standard InChI is InChI=1S/C11H18N2O/c1-5-10-6-7-13(8(10)2)9(3)11(14)12-4/h5,9H,1,6-7H2,2-4H3,(H,12,14). The molecule has 0 saturated carbocycles. The molecule has 0 radical (unpaired) electrons. The Morgan fingerprint density at radius 1 is 1.71 bits per heavy atom. The van der Waals surface area contributed by atoms with E-state index < -0.39 is 0 Å². The summed E-state index contributed by atoms with van der Waals surface area (Å²) in [5.41, 5.74) is 2.43. The predicted octanol–water partition coefficient (Wildman–Crippen LogP) is 1.29.